The Kier molecular flexibility index (Phi) is 12.1. The second-order valence-electron chi connectivity index (χ2n) is 17.7. The summed E-state index contributed by atoms with van der Waals surface area (Å²) in [6.45, 7) is 18.5. The standard InChI is InChI=1S/C35H27N2O.C18H24NSi.Ir/c1-35(2,3)24-20-21-30(28(22-24)23-12-5-4-6-13-23)37-31-18-9-8-17-29(31)36-34(37)27-16-11-15-26-25-14-7-10-19-32(25)38-33(26)27;1-14(2)11-16-12-17(15-9-7-6-8-10-15)19-13-18(16)20(3,4)5;/h4-15,17-22H,1-3H3;6-9,12-14H,11H2,1-5H3;/q2*-1;. The Balaban J connectivity index is 0.000000214. The molecule has 3 heterocycles. The maximum absolute atomic E-state index is 6.42. The van der Waals surface area contributed by atoms with Gasteiger partial charge in [0.15, 0.2) is 0 Å². The van der Waals surface area contributed by atoms with Crippen LogP contribution in [0.15, 0.2) is 150 Å². The minimum atomic E-state index is -1.34. The van der Waals surface area contributed by atoms with Crippen molar-refractivity contribution in [2.75, 3.05) is 0 Å². The Morgan fingerprint density at radius 3 is 2.20 bits per heavy atom. The summed E-state index contributed by atoms with van der Waals surface area (Å²) in [5, 5.41) is 3.66. The molecule has 59 heavy (non-hydrogen) atoms. The topological polar surface area (TPSA) is 43.9 Å². The minimum Gasteiger partial charge on any atom is -0.501 e. The van der Waals surface area contributed by atoms with E-state index < -0.39 is 8.07 Å². The second kappa shape index (κ2) is 17.1. The number of pyridine rings is 1. The number of fused-ring (bicyclic) bond motifs is 4. The van der Waals surface area contributed by atoms with E-state index in [2.05, 4.69) is 173 Å². The van der Waals surface area contributed by atoms with Gasteiger partial charge in [0.25, 0.3) is 0 Å². The van der Waals surface area contributed by atoms with Crippen LogP contribution in [0, 0.1) is 18.1 Å². The molecule has 0 N–H and O–H groups in total. The SMILES string of the molecule is CC(C)(C)c1ccc(-n2c(-c3[c-]ccc4c3oc3ccccc34)nc3ccccc32)c(-c2ccccc2)c1.CC(C)Cc1cc(-c2[c-]cccc2)ncc1[Si](C)(C)C.[Ir]. The summed E-state index contributed by atoms with van der Waals surface area (Å²) < 4.78 is 8.69. The van der Waals surface area contributed by atoms with E-state index in [-0.39, 0.29) is 25.5 Å². The average Bonchev–Trinajstić information content (AvgIpc) is 3.79. The number of rotatable bonds is 7. The van der Waals surface area contributed by atoms with Gasteiger partial charge in [-0.15, -0.1) is 54.1 Å². The number of aromatic nitrogens is 3. The fourth-order valence-corrected chi connectivity index (χ4v) is 9.41. The number of furan rings is 1. The molecule has 0 saturated carbocycles. The van der Waals surface area contributed by atoms with Crippen molar-refractivity contribution in [1.29, 1.82) is 0 Å². The summed E-state index contributed by atoms with van der Waals surface area (Å²) in [5.41, 5.74) is 12.8. The predicted molar refractivity (Wildman–Crippen MR) is 247 cm³/mol. The Bertz CT molecular complexity index is 2860. The number of hydrogen-bond acceptors (Lipinski definition) is 3. The van der Waals surface area contributed by atoms with Gasteiger partial charge in [0.05, 0.1) is 30.5 Å². The van der Waals surface area contributed by atoms with Crippen molar-refractivity contribution in [3.63, 3.8) is 0 Å². The fraction of sp³-hybridized carbons (Fsp3) is 0.208. The van der Waals surface area contributed by atoms with E-state index in [0.717, 1.165) is 67.7 Å². The smallest absolute Gasteiger partial charge is 0.120 e. The van der Waals surface area contributed by atoms with Crippen LogP contribution in [0.5, 0.6) is 0 Å². The third-order valence-corrected chi connectivity index (χ3v) is 12.8. The van der Waals surface area contributed by atoms with Crippen molar-refractivity contribution in [2.24, 2.45) is 5.92 Å². The van der Waals surface area contributed by atoms with E-state index in [0.29, 0.717) is 5.92 Å². The molecule has 3 aromatic heterocycles. The third-order valence-electron chi connectivity index (χ3n) is 10.7. The monoisotopic (exact) mass is 966 g/mol. The van der Waals surface area contributed by atoms with Gasteiger partial charge < -0.3 is 14.0 Å². The summed E-state index contributed by atoms with van der Waals surface area (Å²) in [6.07, 6.45) is 3.24. The van der Waals surface area contributed by atoms with Crippen LogP contribution in [0.1, 0.15) is 45.7 Å². The maximum Gasteiger partial charge on any atom is 0.120 e. The van der Waals surface area contributed by atoms with Gasteiger partial charge >= 0.3 is 0 Å². The zero-order chi connectivity index (χ0) is 40.6. The van der Waals surface area contributed by atoms with Crippen LogP contribution in [0.25, 0.3) is 72.4 Å². The first kappa shape index (κ1) is 41.8. The molecule has 4 nitrogen and oxygen atoms in total. The van der Waals surface area contributed by atoms with Gasteiger partial charge in [0, 0.05) is 42.9 Å². The van der Waals surface area contributed by atoms with E-state index in [9.17, 15) is 0 Å². The van der Waals surface area contributed by atoms with Crippen LogP contribution in [0.3, 0.4) is 0 Å². The zero-order valence-corrected chi connectivity index (χ0v) is 38.6. The summed E-state index contributed by atoms with van der Waals surface area (Å²) in [5.74, 6) is 1.48. The number of nitrogens with zero attached hydrogens (tertiary/aromatic N) is 3. The second-order valence-corrected chi connectivity index (χ2v) is 22.7. The molecule has 1 radical (unpaired) electrons. The van der Waals surface area contributed by atoms with E-state index >= 15 is 0 Å². The molecular weight excluding hydrogens is 915 g/mol. The molecule has 0 aliphatic rings. The predicted octanol–water partition coefficient (Wildman–Crippen LogP) is 13.6. The maximum atomic E-state index is 6.42. The van der Waals surface area contributed by atoms with Gasteiger partial charge in [-0.25, -0.2) is 0 Å². The molecule has 0 spiro atoms. The van der Waals surface area contributed by atoms with Gasteiger partial charge in [-0.05, 0) is 70.1 Å². The molecule has 9 rings (SSSR count). The molecule has 0 saturated heterocycles. The molecule has 299 valence electrons. The summed E-state index contributed by atoms with van der Waals surface area (Å²) in [4.78, 5) is 9.84. The number of para-hydroxylation sites is 3. The van der Waals surface area contributed by atoms with Gasteiger partial charge in [-0.2, -0.15) is 0 Å². The van der Waals surface area contributed by atoms with Crippen molar-refractivity contribution in [2.45, 2.75) is 66.1 Å². The van der Waals surface area contributed by atoms with Crippen molar-refractivity contribution < 1.29 is 24.5 Å². The van der Waals surface area contributed by atoms with E-state index in [4.69, 9.17) is 9.40 Å². The molecular formula is C53H51IrN3OSi-2. The summed E-state index contributed by atoms with van der Waals surface area (Å²) in [7, 11) is -1.34. The quantitative estimate of drug-likeness (QED) is 0.118. The molecule has 0 aliphatic heterocycles. The van der Waals surface area contributed by atoms with Crippen LogP contribution in [-0.4, -0.2) is 22.6 Å². The summed E-state index contributed by atoms with van der Waals surface area (Å²) >= 11 is 0. The van der Waals surface area contributed by atoms with Crippen molar-refractivity contribution in [3.05, 3.63) is 169 Å². The Labute approximate surface area is 363 Å². The van der Waals surface area contributed by atoms with Crippen LogP contribution >= 0.6 is 0 Å². The molecule has 0 unspecified atom stereocenters. The van der Waals surface area contributed by atoms with Gasteiger partial charge in [0.2, 0.25) is 0 Å². The summed E-state index contributed by atoms with van der Waals surface area (Å²) in [6, 6.07) is 55.0. The molecule has 0 bridgehead atoms. The molecule has 0 atom stereocenters. The Morgan fingerprint density at radius 1 is 0.746 bits per heavy atom. The van der Waals surface area contributed by atoms with E-state index in [1.165, 1.54) is 27.4 Å². The molecule has 0 amide bonds. The first-order chi connectivity index (χ1) is 27.9. The van der Waals surface area contributed by atoms with Crippen LogP contribution in [0.4, 0.5) is 0 Å². The Hall–Kier alpha value is -5.39. The van der Waals surface area contributed by atoms with Crippen molar-refractivity contribution in [3.8, 4) is 39.5 Å². The molecule has 6 aromatic carbocycles. The van der Waals surface area contributed by atoms with Gasteiger partial charge in [0.1, 0.15) is 5.58 Å². The largest absolute Gasteiger partial charge is 0.501 e. The molecule has 0 fully saturated rings. The Morgan fingerprint density at radius 2 is 1.47 bits per heavy atom. The molecule has 9 aromatic rings. The molecule has 6 heteroatoms. The normalized spacial score (nSPS) is 11.8. The third kappa shape index (κ3) is 8.68. The van der Waals surface area contributed by atoms with E-state index in [1.54, 1.807) is 0 Å². The molecule has 0 aliphatic carbocycles. The average molecular weight is 966 g/mol. The number of imidazole rings is 1. The van der Waals surface area contributed by atoms with Crippen molar-refractivity contribution in [1.82, 2.24) is 14.5 Å². The zero-order valence-electron chi connectivity index (χ0n) is 35.2. The van der Waals surface area contributed by atoms with E-state index in [1.807, 2.05) is 48.5 Å². The fourth-order valence-electron chi connectivity index (χ4n) is 7.82. The van der Waals surface area contributed by atoms with Crippen molar-refractivity contribution >= 4 is 46.2 Å². The first-order valence-corrected chi connectivity index (χ1v) is 23.8. The van der Waals surface area contributed by atoms with Crippen LogP contribution in [-0.2, 0) is 31.9 Å². The van der Waals surface area contributed by atoms with Gasteiger partial charge in [-0.3, -0.25) is 4.98 Å². The van der Waals surface area contributed by atoms with Gasteiger partial charge in [-0.1, -0.05) is 144 Å². The minimum absolute atomic E-state index is 0. The number of hydrogen-bond donors (Lipinski definition) is 0. The van der Waals surface area contributed by atoms with Crippen LogP contribution < -0.4 is 5.19 Å². The van der Waals surface area contributed by atoms with Crippen LogP contribution in [0.2, 0.25) is 19.6 Å². The number of benzene rings is 6. The first-order valence-electron chi connectivity index (χ1n) is 20.3.